The molecule has 0 fully saturated rings. The Morgan fingerprint density at radius 1 is 1.15 bits per heavy atom. The van der Waals surface area contributed by atoms with Gasteiger partial charge in [-0.3, -0.25) is 0 Å². The molecule has 2 aromatic carbocycles. The van der Waals surface area contributed by atoms with Crippen LogP contribution in [0.5, 0.6) is 0 Å². The van der Waals surface area contributed by atoms with E-state index in [4.69, 9.17) is 11.6 Å². The predicted octanol–water partition coefficient (Wildman–Crippen LogP) is 5.17. The number of hydrogen-bond acceptors (Lipinski definition) is 1. The van der Waals surface area contributed by atoms with E-state index in [1.165, 1.54) is 11.6 Å². The summed E-state index contributed by atoms with van der Waals surface area (Å²) in [7, 11) is 1.87. The molecule has 0 bridgehead atoms. The normalized spacial score (nSPS) is 12.5. The van der Waals surface area contributed by atoms with E-state index in [0.717, 1.165) is 15.6 Å². The van der Waals surface area contributed by atoms with Gasteiger partial charge in [-0.25, -0.2) is 4.39 Å². The number of benzene rings is 2. The number of nitrogens with one attached hydrogen (secondary N) is 1. The molecule has 0 spiro atoms. The molecular weight excluding hydrogens is 341 g/mol. The molecule has 0 aromatic heterocycles. The molecule has 0 aliphatic heterocycles. The summed E-state index contributed by atoms with van der Waals surface area (Å²) in [5, 5.41) is 3.68. The molecule has 1 unspecified atom stereocenters. The Hall–Kier alpha value is -0.900. The summed E-state index contributed by atoms with van der Waals surface area (Å²) in [5.74, 6) is -0.281. The highest BCUT2D eigenvalue weighted by molar-refractivity contribution is 9.10. The molecule has 1 atom stereocenters. The fourth-order valence-electron chi connectivity index (χ4n) is 2.25. The fourth-order valence-corrected chi connectivity index (χ4v) is 3.23. The molecule has 1 nitrogen and oxygen atoms in total. The molecule has 4 heteroatoms. The van der Waals surface area contributed by atoms with Crippen LogP contribution in [-0.2, 0) is 0 Å². The summed E-state index contributed by atoms with van der Waals surface area (Å²) in [6.07, 6.45) is 0. The first kappa shape index (κ1) is 15.5. The van der Waals surface area contributed by atoms with Crippen LogP contribution in [0.25, 0.3) is 0 Å². The van der Waals surface area contributed by atoms with Crippen LogP contribution >= 0.6 is 27.5 Å². The minimum atomic E-state index is -0.281. The third-order valence-corrected chi connectivity index (χ3v) is 4.36. The van der Waals surface area contributed by atoms with E-state index < -0.39 is 0 Å². The number of hydrogen-bond donors (Lipinski definition) is 1. The van der Waals surface area contributed by atoms with Gasteiger partial charge in [-0.05, 0) is 61.3 Å². The smallest absolute Gasteiger partial charge is 0.127 e. The zero-order chi connectivity index (χ0) is 14.9. The SMILES string of the molecule is CNC(c1cc(C)c(F)cc1Cl)c1ccc(C)cc1Br. The van der Waals surface area contributed by atoms with Crippen LogP contribution in [0, 0.1) is 19.7 Å². The van der Waals surface area contributed by atoms with Crippen molar-refractivity contribution in [1.82, 2.24) is 5.32 Å². The van der Waals surface area contributed by atoms with Crippen molar-refractivity contribution in [3.05, 3.63) is 67.9 Å². The van der Waals surface area contributed by atoms with Crippen LogP contribution in [0.1, 0.15) is 28.3 Å². The highest BCUT2D eigenvalue weighted by atomic mass is 79.9. The van der Waals surface area contributed by atoms with Crippen molar-refractivity contribution in [2.24, 2.45) is 0 Å². The Morgan fingerprint density at radius 2 is 1.85 bits per heavy atom. The summed E-state index contributed by atoms with van der Waals surface area (Å²) < 4.78 is 14.6. The van der Waals surface area contributed by atoms with E-state index in [1.807, 2.05) is 14.0 Å². The topological polar surface area (TPSA) is 12.0 Å². The van der Waals surface area contributed by atoms with Gasteiger partial charge in [-0.1, -0.05) is 39.7 Å². The van der Waals surface area contributed by atoms with E-state index in [0.29, 0.717) is 10.6 Å². The van der Waals surface area contributed by atoms with Gasteiger partial charge in [0.2, 0.25) is 0 Å². The van der Waals surface area contributed by atoms with Gasteiger partial charge in [0.25, 0.3) is 0 Å². The van der Waals surface area contributed by atoms with Crippen molar-refractivity contribution in [2.75, 3.05) is 7.05 Å². The van der Waals surface area contributed by atoms with Crippen molar-refractivity contribution >= 4 is 27.5 Å². The monoisotopic (exact) mass is 355 g/mol. The highest BCUT2D eigenvalue weighted by Crippen LogP contribution is 2.34. The third-order valence-electron chi connectivity index (χ3n) is 3.34. The van der Waals surface area contributed by atoms with Crippen LogP contribution in [0.3, 0.4) is 0 Å². The fraction of sp³-hybridized carbons (Fsp3) is 0.250. The molecule has 1 N–H and O–H groups in total. The van der Waals surface area contributed by atoms with Gasteiger partial charge < -0.3 is 5.32 Å². The molecule has 0 aliphatic rings. The average molecular weight is 357 g/mol. The second-order valence-corrected chi connectivity index (χ2v) is 6.13. The third kappa shape index (κ3) is 3.05. The summed E-state index contributed by atoms with van der Waals surface area (Å²) >= 11 is 9.80. The maximum atomic E-state index is 13.5. The van der Waals surface area contributed by atoms with Gasteiger partial charge in [-0.2, -0.15) is 0 Å². The van der Waals surface area contributed by atoms with E-state index in [2.05, 4.69) is 39.4 Å². The lowest BCUT2D eigenvalue weighted by atomic mass is 9.96. The maximum absolute atomic E-state index is 13.5. The second kappa shape index (κ2) is 6.25. The number of rotatable bonds is 3. The van der Waals surface area contributed by atoms with Crippen molar-refractivity contribution in [3.8, 4) is 0 Å². The quantitative estimate of drug-likeness (QED) is 0.800. The summed E-state index contributed by atoms with van der Waals surface area (Å²) in [4.78, 5) is 0. The largest absolute Gasteiger partial charge is 0.309 e. The molecule has 0 amide bonds. The van der Waals surface area contributed by atoms with E-state index in [-0.39, 0.29) is 11.9 Å². The lowest BCUT2D eigenvalue weighted by Crippen LogP contribution is -2.19. The van der Waals surface area contributed by atoms with Gasteiger partial charge >= 0.3 is 0 Å². The van der Waals surface area contributed by atoms with Gasteiger partial charge in [0.05, 0.1) is 6.04 Å². The number of halogens is 3. The molecule has 0 aliphatic carbocycles. The van der Waals surface area contributed by atoms with Crippen molar-refractivity contribution in [3.63, 3.8) is 0 Å². The zero-order valence-electron chi connectivity index (χ0n) is 11.6. The van der Waals surface area contributed by atoms with Gasteiger partial charge in [0.15, 0.2) is 0 Å². The first-order chi connectivity index (χ1) is 9.43. The van der Waals surface area contributed by atoms with E-state index in [1.54, 1.807) is 13.0 Å². The first-order valence-corrected chi connectivity index (χ1v) is 7.50. The predicted molar refractivity (Wildman–Crippen MR) is 85.9 cm³/mol. The molecule has 2 aromatic rings. The lowest BCUT2D eigenvalue weighted by molar-refractivity contribution is 0.614. The minimum Gasteiger partial charge on any atom is -0.309 e. The van der Waals surface area contributed by atoms with Crippen molar-refractivity contribution < 1.29 is 4.39 Å². The Morgan fingerprint density at radius 3 is 2.45 bits per heavy atom. The molecule has 0 heterocycles. The summed E-state index contributed by atoms with van der Waals surface area (Å²) in [6.45, 7) is 3.78. The highest BCUT2D eigenvalue weighted by Gasteiger charge is 2.19. The Kier molecular flexibility index (Phi) is 4.84. The lowest BCUT2D eigenvalue weighted by Gasteiger charge is -2.21. The summed E-state index contributed by atoms with van der Waals surface area (Å²) in [5.41, 5.74) is 3.72. The zero-order valence-corrected chi connectivity index (χ0v) is 13.9. The standard InChI is InChI=1S/C16H16BrClFN/c1-9-4-5-11(13(17)6-9)16(20-3)12-7-10(2)15(19)8-14(12)18/h4-8,16,20H,1-3H3. The molecule has 20 heavy (non-hydrogen) atoms. The number of aryl methyl sites for hydroxylation is 2. The van der Waals surface area contributed by atoms with Gasteiger partial charge in [0.1, 0.15) is 5.82 Å². The Balaban J connectivity index is 2.55. The Bertz CT molecular complexity index is 643. The summed E-state index contributed by atoms with van der Waals surface area (Å²) in [6, 6.07) is 9.25. The molecule has 0 radical (unpaired) electrons. The van der Waals surface area contributed by atoms with Crippen LogP contribution in [0.15, 0.2) is 34.8 Å². The maximum Gasteiger partial charge on any atom is 0.127 e. The van der Waals surface area contributed by atoms with Crippen molar-refractivity contribution in [2.45, 2.75) is 19.9 Å². The molecule has 106 valence electrons. The molecular formula is C16H16BrClFN. The van der Waals surface area contributed by atoms with E-state index in [9.17, 15) is 4.39 Å². The second-order valence-electron chi connectivity index (χ2n) is 4.87. The molecule has 2 rings (SSSR count). The van der Waals surface area contributed by atoms with Crippen LogP contribution in [0.4, 0.5) is 4.39 Å². The molecule has 0 saturated heterocycles. The molecule has 0 saturated carbocycles. The van der Waals surface area contributed by atoms with E-state index >= 15 is 0 Å². The van der Waals surface area contributed by atoms with Gasteiger partial charge in [0, 0.05) is 9.50 Å². The van der Waals surface area contributed by atoms with Gasteiger partial charge in [-0.15, -0.1) is 0 Å². The first-order valence-electron chi connectivity index (χ1n) is 6.33. The van der Waals surface area contributed by atoms with Crippen LogP contribution < -0.4 is 5.32 Å². The Labute approximate surface area is 132 Å². The average Bonchev–Trinajstić information content (AvgIpc) is 2.38. The minimum absolute atomic E-state index is 0.0863. The van der Waals surface area contributed by atoms with Crippen LogP contribution in [-0.4, -0.2) is 7.05 Å². The van der Waals surface area contributed by atoms with Crippen molar-refractivity contribution in [1.29, 1.82) is 0 Å². The van der Waals surface area contributed by atoms with Crippen LogP contribution in [0.2, 0.25) is 5.02 Å².